The second-order valence-electron chi connectivity index (χ2n) is 5.08. The molecule has 1 aliphatic heterocycles. The molecule has 1 atom stereocenters. The normalized spacial score (nSPS) is 24.5. The van der Waals surface area contributed by atoms with Crippen molar-refractivity contribution in [1.29, 1.82) is 0 Å². The van der Waals surface area contributed by atoms with E-state index in [0.717, 1.165) is 38.5 Å². The first-order chi connectivity index (χ1) is 7.70. The number of hydrogen-bond acceptors (Lipinski definition) is 3. The van der Waals surface area contributed by atoms with Gasteiger partial charge in [0, 0.05) is 32.7 Å². The van der Waals surface area contributed by atoms with E-state index in [9.17, 15) is 4.79 Å². The Morgan fingerprint density at radius 3 is 2.44 bits per heavy atom. The fraction of sp³-hybridized carbons (Fsp3) is 0.917. The van der Waals surface area contributed by atoms with Crippen molar-refractivity contribution >= 4 is 5.91 Å². The molecule has 0 aromatic carbocycles. The highest BCUT2D eigenvalue weighted by Crippen LogP contribution is 2.29. The molecule has 92 valence electrons. The van der Waals surface area contributed by atoms with E-state index in [2.05, 4.69) is 4.90 Å². The summed E-state index contributed by atoms with van der Waals surface area (Å²) in [6, 6.07) is -0.296. The summed E-state index contributed by atoms with van der Waals surface area (Å²) in [5, 5.41) is 0. The molecule has 1 saturated carbocycles. The Morgan fingerprint density at radius 2 is 1.94 bits per heavy atom. The van der Waals surface area contributed by atoms with Gasteiger partial charge in [-0.05, 0) is 25.2 Å². The van der Waals surface area contributed by atoms with Crippen LogP contribution < -0.4 is 5.73 Å². The molecule has 1 saturated heterocycles. The average molecular weight is 225 g/mol. The molecule has 1 heterocycles. The summed E-state index contributed by atoms with van der Waals surface area (Å²) in [6.07, 6.45) is 3.54. The van der Waals surface area contributed by atoms with Gasteiger partial charge in [0.05, 0.1) is 6.04 Å². The minimum atomic E-state index is -0.296. The maximum atomic E-state index is 11.9. The Hall–Kier alpha value is -0.610. The van der Waals surface area contributed by atoms with E-state index in [0.29, 0.717) is 0 Å². The quantitative estimate of drug-likeness (QED) is 0.747. The van der Waals surface area contributed by atoms with Crippen LogP contribution in [0.15, 0.2) is 0 Å². The van der Waals surface area contributed by atoms with E-state index < -0.39 is 0 Å². The molecule has 0 aromatic heterocycles. The van der Waals surface area contributed by atoms with Crippen LogP contribution in [0.1, 0.15) is 26.2 Å². The van der Waals surface area contributed by atoms with Crippen molar-refractivity contribution in [3.05, 3.63) is 0 Å². The van der Waals surface area contributed by atoms with Crippen LogP contribution in [0, 0.1) is 5.92 Å². The van der Waals surface area contributed by atoms with Crippen LogP contribution >= 0.6 is 0 Å². The Bertz CT molecular complexity index is 245. The van der Waals surface area contributed by atoms with Crippen molar-refractivity contribution < 1.29 is 4.79 Å². The molecule has 2 N–H and O–H groups in total. The smallest absolute Gasteiger partial charge is 0.239 e. The largest absolute Gasteiger partial charge is 0.339 e. The third-order valence-electron chi connectivity index (χ3n) is 3.65. The Balaban J connectivity index is 1.73. The van der Waals surface area contributed by atoms with Crippen LogP contribution in [0.3, 0.4) is 0 Å². The molecule has 1 amide bonds. The highest BCUT2D eigenvalue weighted by atomic mass is 16.2. The first kappa shape index (κ1) is 11.9. The van der Waals surface area contributed by atoms with Crippen molar-refractivity contribution in [2.75, 3.05) is 32.7 Å². The predicted octanol–water partition coefficient (Wildman–Crippen LogP) is 0.278. The molecule has 0 radical (unpaired) electrons. The molecular formula is C12H23N3O. The van der Waals surface area contributed by atoms with Crippen molar-refractivity contribution in [3.8, 4) is 0 Å². The van der Waals surface area contributed by atoms with Crippen LogP contribution in [-0.4, -0.2) is 54.5 Å². The van der Waals surface area contributed by atoms with Gasteiger partial charge in [-0.25, -0.2) is 0 Å². The second-order valence-corrected chi connectivity index (χ2v) is 5.08. The molecule has 0 bridgehead atoms. The van der Waals surface area contributed by atoms with Crippen LogP contribution in [0.25, 0.3) is 0 Å². The lowest BCUT2D eigenvalue weighted by atomic mass is 10.2. The van der Waals surface area contributed by atoms with Crippen molar-refractivity contribution in [2.24, 2.45) is 11.7 Å². The molecule has 16 heavy (non-hydrogen) atoms. The SMILES string of the molecule is CC[C@@H](N)C(=O)N1CCN(CC2CC2)CC1. The van der Waals surface area contributed by atoms with E-state index >= 15 is 0 Å². The molecule has 2 aliphatic rings. The number of amides is 1. The lowest BCUT2D eigenvalue weighted by Gasteiger charge is -2.35. The minimum absolute atomic E-state index is 0.133. The molecular weight excluding hydrogens is 202 g/mol. The van der Waals surface area contributed by atoms with Gasteiger partial charge in [0.2, 0.25) is 5.91 Å². The van der Waals surface area contributed by atoms with Gasteiger partial charge >= 0.3 is 0 Å². The van der Waals surface area contributed by atoms with Gasteiger partial charge in [-0.1, -0.05) is 6.92 Å². The predicted molar refractivity (Wildman–Crippen MR) is 64.0 cm³/mol. The van der Waals surface area contributed by atoms with Crippen LogP contribution in [0.5, 0.6) is 0 Å². The molecule has 4 nitrogen and oxygen atoms in total. The number of hydrogen-bond donors (Lipinski definition) is 1. The van der Waals surface area contributed by atoms with Gasteiger partial charge in [0.25, 0.3) is 0 Å². The Morgan fingerprint density at radius 1 is 1.31 bits per heavy atom. The summed E-state index contributed by atoms with van der Waals surface area (Å²) in [7, 11) is 0. The standard InChI is InChI=1S/C12H23N3O/c1-2-11(13)12(16)15-7-5-14(6-8-15)9-10-3-4-10/h10-11H,2-9,13H2,1H3/t11-/m1/s1. The number of carbonyl (C=O) groups is 1. The van der Waals surface area contributed by atoms with Crippen molar-refractivity contribution in [1.82, 2.24) is 9.80 Å². The number of nitrogens with two attached hydrogens (primary N) is 1. The fourth-order valence-corrected chi connectivity index (χ4v) is 2.23. The van der Waals surface area contributed by atoms with Crippen LogP contribution in [-0.2, 0) is 4.79 Å². The van der Waals surface area contributed by atoms with Crippen molar-refractivity contribution in [2.45, 2.75) is 32.2 Å². The summed E-state index contributed by atoms with van der Waals surface area (Å²) in [5.74, 6) is 1.08. The van der Waals surface area contributed by atoms with Gasteiger partial charge in [-0.15, -0.1) is 0 Å². The molecule has 2 rings (SSSR count). The topological polar surface area (TPSA) is 49.6 Å². The van der Waals surface area contributed by atoms with Crippen molar-refractivity contribution in [3.63, 3.8) is 0 Å². The van der Waals surface area contributed by atoms with E-state index in [1.807, 2.05) is 11.8 Å². The Labute approximate surface area is 97.8 Å². The second kappa shape index (κ2) is 5.15. The van der Waals surface area contributed by atoms with E-state index in [1.54, 1.807) is 0 Å². The number of carbonyl (C=O) groups excluding carboxylic acids is 1. The van der Waals surface area contributed by atoms with Gasteiger partial charge in [-0.2, -0.15) is 0 Å². The van der Waals surface area contributed by atoms with E-state index in [4.69, 9.17) is 5.73 Å². The fourth-order valence-electron chi connectivity index (χ4n) is 2.23. The minimum Gasteiger partial charge on any atom is -0.339 e. The summed E-state index contributed by atoms with van der Waals surface area (Å²) in [6.45, 7) is 6.98. The lowest BCUT2D eigenvalue weighted by molar-refractivity contribution is -0.134. The first-order valence-corrected chi connectivity index (χ1v) is 6.47. The maximum Gasteiger partial charge on any atom is 0.239 e. The average Bonchev–Trinajstić information content (AvgIpc) is 3.12. The number of nitrogens with zero attached hydrogens (tertiary/aromatic N) is 2. The number of rotatable bonds is 4. The number of piperazine rings is 1. The van der Waals surface area contributed by atoms with E-state index in [-0.39, 0.29) is 11.9 Å². The molecule has 0 spiro atoms. The van der Waals surface area contributed by atoms with Crippen LogP contribution in [0.4, 0.5) is 0 Å². The molecule has 2 fully saturated rings. The lowest BCUT2D eigenvalue weighted by Crippen LogP contribution is -2.53. The van der Waals surface area contributed by atoms with Gasteiger partial charge in [0.15, 0.2) is 0 Å². The summed E-state index contributed by atoms with van der Waals surface area (Å²) in [5.41, 5.74) is 5.77. The summed E-state index contributed by atoms with van der Waals surface area (Å²) >= 11 is 0. The monoisotopic (exact) mass is 225 g/mol. The van der Waals surface area contributed by atoms with E-state index in [1.165, 1.54) is 19.4 Å². The zero-order valence-corrected chi connectivity index (χ0v) is 10.2. The summed E-state index contributed by atoms with van der Waals surface area (Å²) < 4.78 is 0. The van der Waals surface area contributed by atoms with Gasteiger partial charge in [0.1, 0.15) is 0 Å². The summed E-state index contributed by atoms with van der Waals surface area (Å²) in [4.78, 5) is 16.3. The third kappa shape index (κ3) is 2.95. The molecule has 0 aromatic rings. The highest BCUT2D eigenvalue weighted by molar-refractivity contribution is 5.81. The first-order valence-electron chi connectivity index (χ1n) is 6.47. The molecule has 0 unspecified atom stereocenters. The zero-order chi connectivity index (χ0) is 11.5. The van der Waals surface area contributed by atoms with Crippen LogP contribution in [0.2, 0.25) is 0 Å². The van der Waals surface area contributed by atoms with Gasteiger partial charge in [-0.3, -0.25) is 9.69 Å². The highest BCUT2D eigenvalue weighted by Gasteiger charge is 2.28. The molecule has 1 aliphatic carbocycles. The van der Waals surface area contributed by atoms with Gasteiger partial charge < -0.3 is 10.6 Å². The zero-order valence-electron chi connectivity index (χ0n) is 10.2. The maximum absolute atomic E-state index is 11.9. The Kier molecular flexibility index (Phi) is 3.82. The molecule has 4 heteroatoms. The third-order valence-corrected chi connectivity index (χ3v) is 3.65.